The number of rotatable bonds is 4. The van der Waals surface area contributed by atoms with Crippen LogP contribution in [0.1, 0.15) is 44.2 Å². The molecule has 0 aliphatic heterocycles. The minimum absolute atomic E-state index is 0.656. The summed E-state index contributed by atoms with van der Waals surface area (Å²) >= 11 is 0. The molecule has 2 saturated carbocycles. The van der Waals surface area contributed by atoms with Crippen LogP contribution in [0.3, 0.4) is 0 Å². The average Bonchev–Trinajstić information content (AvgIpc) is 2.82. The van der Waals surface area contributed by atoms with Crippen LogP contribution in [0.5, 0.6) is 0 Å². The van der Waals surface area contributed by atoms with E-state index in [0.29, 0.717) is 18.5 Å². The number of aromatic nitrogens is 3. The van der Waals surface area contributed by atoms with Crippen molar-refractivity contribution in [2.45, 2.75) is 50.5 Å². The van der Waals surface area contributed by atoms with Gasteiger partial charge in [-0.2, -0.15) is 0 Å². The summed E-state index contributed by atoms with van der Waals surface area (Å²) in [5, 5.41) is 17.6. The Kier molecular flexibility index (Phi) is 2.42. The normalized spacial score (nSPS) is 22.8. The second-order valence-electron chi connectivity index (χ2n) is 5.36. The molecule has 3 rings (SSSR count). The third kappa shape index (κ3) is 1.83. The fraction of sp³-hybridized carbons (Fsp3) is 0.750. The van der Waals surface area contributed by atoms with Crippen LogP contribution >= 0.6 is 0 Å². The maximum absolute atomic E-state index is 11.5. The van der Waals surface area contributed by atoms with E-state index in [1.54, 1.807) is 0 Å². The standard InChI is InChI=1S/C12H17N3O2/c16-11(17)12(5-1-2-6-12)10-8-15(14-13-10)7-9-3-4-9/h8-9H,1-7H2,(H,16,17). The molecule has 5 heteroatoms. The molecule has 0 amide bonds. The van der Waals surface area contributed by atoms with Gasteiger partial charge in [0, 0.05) is 12.7 Å². The van der Waals surface area contributed by atoms with Crippen molar-refractivity contribution in [2.24, 2.45) is 5.92 Å². The van der Waals surface area contributed by atoms with Gasteiger partial charge in [-0.3, -0.25) is 9.48 Å². The summed E-state index contributed by atoms with van der Waals surface area (Å²) in [6.45, 7) is 0.892. The van der Waals surface area contributed by atoms with E-state index >= 15 is 0 Å². The van der Waals surface area contributed by atoms with Crippen molar-refractivity contribution < 1.29 is 9.90 Å². The highest BCUT2D eigenvalue weighted by Gasteiger charge is 2.45. The van der Waals surface area contributed by atoms with Gasteiger partial charge in [-0.25, -0.2) is 0 Å². The Hall–Kier alpha value is -1.39. The maximum Gasteiger partial charge on any atom is 0.315 e. The van der Waals surface area contributed by atoms with Crippen molar-refractivity contribution in [3.8, 4) is 0 Å². The molecule has 0 radical (unpaired) electrons. The molecule has 2 fully saturated rings. The van der Waals surface area contributed by atoms with Crippen LogP contribution in [0.25, 0.3) is 0 Å². The quantitative estimate of drug-likeness (QED) is 0.860. The predicted octanol–water partition coefficient (Wildman–Crippen LogP) is 1.58. The number of aliphatic carboxylic acids is 1. The van der Waals surface area contributed by atoms with Gasteiger partial charge in [-0.15, -0.1) is 5.10 Å². The minimum atomic E-state index is -0.762. The lowest BCUT2D eigenvalue weighted by Gasteiger charge is -2.20. The molecule has 0 aromatic carbocycles. The van der Waals surface area contributed by atoms with Crippen LogP contribution in [0.15, 0.2) is 6.20 Å². The second kappa shape index (κ2) is 3.82. The molecule has 1 aromatic rings. The summed E-state index contributed by atoms with van der Waals surface area (Å²) in [5.41, 5.74) is -0.106. The Morgan fingerprint density at radius 1 is 1.47 bits per heavy atom. The summed E-state index contributed by atoms with van der Waals surface area (Å²) in [7, 11) is 0. The van der Waals surface area contributed by atoms with Crippen LogP contribution in [-0.4, -0.2) is 26.1 Å². The zero-order valence-corrected chi connectivity index (χ0v) is 9.80. The molecule has 1 heterocycles. The lowest BCUT2D eigenvalue weighted by molar-refractivity contribution is -0.143. The van der Waals surface area contributed by atoms with Crippen molar-refractivity contribution in [3.63, 3.8) is 0 Å². The molecule has 0 bridgehead atoms. The fourth-order valence-electron chi connectivity index (χ4n) is 2.73. The third-order valence-corrected chi connectivity index (χ3v) is 4.04. The van der Waals surface area contributed by atoms with Gasteiger partial charge in [0.25, 0.3) is 0 Å². The molecular weight excluding hydrogens is 218 g/mol. The molecule has 0 spiro atoms. The lowest BCUT2D eigenvalue weighted by Crippen LogP contribution is -2.33. The summed E-state index contributed by atoms with van der Waals surface area (Å²) in [6.07, 6.45) is 7.72. The molecule has 2 aliphatic rings. The zero-order chi connectivity index (χ0) is 11.9. The van der Waals surface area contributed by atoms with E-state index in [9.17, 15) is 9.90 Å². The molecule has 0 unspecified atom stereocenters. The van der Waals surface area contributed by atoms with Gasteiger partial charge in [-0.05, 0) is 31.6 Å². The van der Waals surface area contributed by atoms with E-state index in [1.807, 2.05) is 10.9 Å². The van der Waals surface area contributed by atoms with E-state index in [0.717, 1.165) is 25.3 Å². The largest absolute Gasteiger partial charge is 0.481 e. The van der Waals surface area contributed by atoms with Crippen LogP contribution in [0, 0.1) is 5.92 Å². The van der Waals surface area contributed by atoms with Gasteiger partial charge >= 0.3 is 5.97 Å². The van der Waals surface area contributed by atoms with Gasteiger partial charge in [0.05, 0.1) is 5.69 Å². The first kappa shape index (κ1) is 10.7. The number of hydrogen-bond acceptors (Lipinski definition) is 3. The first-order chi connectivity index (χ1) is 8.21. The maximum atomic E-state index is 11.5. The summed E-state index contributed by atoms with van der Waals surface area (Å²) in [4.78, 5) is 11.5. The number of carboxylic acids is 1. The molecule has 1 aromatic heterocycles. The Labute approximate surface area is 99.8 Å². The van der Waals surface area contributed by atoms with Gasteiger partial charge in [0.1, 0.15) is 5.41 Å². The summed E-state index contributed by atoms with van der Waals surface area (Å²) < 4.78 is 1.82. The highest BCUT2D eigenvalue weighted by atomic mass is 16.4. The molecule has 2 aliphatic carbocycles. The highest BCUT2D eigenvalue weighted by molar-refractivity contribution is 5.80. The Morgan fingerprint density at radius 3 is 2.76 bits per heavy atom. The summed E-state index contributed by atoms with van der Waals surface area (Å²) in [5.74, 6) is -0.0117. The van der Waals surface area contributed by atoms with Crippen molar-refractivity contribution >= 4 is 5.97 Å². The van der Waals surface area contributed by atoms with Crippen molar-refractivity contribution in [3.05, 3.63) is 11.9 Å². The average molecular weight is 235 g/mol. The van der Waals surface area contributed by atoms with Crippen molar-refractivity contribution in [2.75, 3.05) is 0 Å². The monoisotopic (exact) mass is 235 g/mol. The Morgan fingerprint density at radius 2 is 2.18 bits per heavy atom. The van der Waals surface area contributed by atoms with E-state index in [4.69, 9.17) is 0 Å². The molecule has 0 saturated heterocycles. The van der Waals surface area contributed by atoms with Crippen LogP contribution in [0.2, 0.25) is 0 Å². The molecule has 17 heavy (non-hydrogen) atoms. The Balaban J connectivity index is 1.85. The van der Waals surface area contributed by atoms with Gasteiger partial charge in [-0.1, -0.05) is 18.1 Å². The number of carboxylic acid groups (broad SMARTS) is 1. The van der Waals surface area contributed by atoms with Gasteiger partial charge < -0.3 is 5.11 Å². The second-order valence-corrected chi connectivity index (χ2v) is 5.36. The van der Waals surface area contributed by atoms with Crippen LogP contribution in [-0.2, 0) is 16.8 Å². The molecule has 1 N–H and O–H groups in total. The first-order valence-electron chi connectivity index (χ1n) is 6.35. The van der Waals surface area contributed by atoms with Crippen LogP contribution < -0.4 is 0 Å². The van der Waals surface area contributed by atoms with Crippen molar-refractivity contribution in [1.82, 2.24) is 15.0 Å². The summed E-state index contributed by atoms with van der Waals surface area (Å²) in [6, 6.07) is 0. The molecule has 92 valence electrons. The number of hydrogen-bond donors (Lipinski definition) is 1. The van der Waals surface area contributed by atoms with Crippen LogP contribution in [0.4, 0.5) is 0 Å². The fourth-order valence-corrected chi connectivity index (χ4v) is 2.73. The molecular formula is C12H17N3O2. The highest BCUT2D eigenvalue weighted by Crippen LogP contribution is 2.40. The molecule has 0 atom stereocenters. The van der Waals surface area contributed by atoms with E-state index in [-0.39, 0.29) is 0 Å². The molecule has 5 nitrogen and oxygen atoms in total. The first-order valence-corrected chi connectivity index (χ1v) is 6.35. The number of carbonyl (C=O) groups is 1. The van der Waals surface area contributed by atoms with E-state index in [2.05, 4.69) is 10.3 Å². The van der Waals surface area contributed by atoms with Crippen molar-refractivity contribution in [1.29, 1.82) is 0 Å². The van der Waals surface area contributed by atoms with E-state index < -0.39 is 11.4 Å². The number of nitrogens with zero attached hydrogens (tertiary/aromatic N) is 3. The van der Waals surface area contributed by atoms with E-state index in [1.165, 1.54) is 12.8 Å². The SMILES string of the molecule is O=C(O)C1(c2cn(CC3CC3)nn2)CCCC1. The van der Waals surface area contributed by atoms with Gasteiger partial charge in [0.15, 0.2) is 0 Å². The topological polar surface area (TPSA) is 68.0 Å². The smallest absolute Gasteiger partial charge is 0.315 e. The zero-order valence-electron chi connectivity index (χ0n) is 9.80. The minimum Gasteiger partial charge on any atom is -0.481 e. The Bertz CT molecular complexity index is 431. The third-order valence-electron chi connectivity index (χ3n) is 4.04. The van der Waals surface area contributed by atoms with Gasteiger partial charge in [0.2, 0.25) is 0 Å². The predicted molar refractivity (Wildman–Crippen MR) is 60.5 cm³/mol. The lowest BCUT2D eigenvalue weighted by atomic mass is 9.83.